The van der Waals surface area contributed by atoms with Crippen molar-refractivity contribution in [2.24, 2.45) is 0 Å². The lowest BCUT2D eigenvalue weighted by Gasteiger charge is -1.90. The van der Waals surface area contributed by atoms with Crippen LogP contribution in [-0.2, 0) is 6.42 Å². The second kappa shape index (κ2) is 3.15. The van der Waals surface area contributed by atoms with Crippen molar-refractivity contribution < 1.29 is 4.42 Å². The Hall–Kier alpha value is -1.02. The molecule has 2 heteroatoms. The third-order valence-electron chi connectivity index (χ3n) is 1.72. The highest BCUT2D eigenvalue weighted by Crippen LogP contribution is 2.18. The fraction of sp³-hybridized carbons (Fsp3) is 0.200. The van der Waals surface area contributed by atoms with Crippen molar-refractivity contribution >= 4 is 11.3 Å². The van der Waals surface area contributed by atoms with Crippen molar-refractivity contribution in [1.82, 2.24) is 0 Å². The van der Waals surface area contributed by atoms with Gasteiger partial charge in [-0.05, 0) is 31.2 Å². The monoisotopic (exact) mass is 178 g/mol. The van der Waals surface area contributed by atoms with Gasteiger partial charge in [-0.25, -0.2) is 0 Å². The van der Waals surface area contributed by atoms with Crippen LogP contribution in [0, 0.1) is 6.92 Å². The third kappa shape index (κ3) is 1.59. The molecule has 0 bridgehead atoms. The van der Waals surface area contributed by atoms with Gasteiger partial charge in [0.25, 0.3) is 0 Å². The molecule has 0 aliphatic rings. The number of aryl methyl sites for hydroxylation is 1. The van der Waals surface area contributed by atoms with Crippen LogP contribution in [0.25, 0.3) is 0 Å². The minimum atomic E-state index is 0.922. The summed E-state index contributed by atoms with van der Waals surface area (Å²) in [6.45, 7) is 2.12. The molecule has 0 amide bonds. The lowest BCUT2D eigenvalue weighted by atomic mass is 10.3. The number of hydrogen-bond donors (Lipinski definition) is 0. The molecule has 2 aromatic rings. The summed E-state index contributed by atoms with van der Waals surface area (Å²) in [7, 11) is 0. The van der Waals surface area contributed by atoms with Crippen molar-refractivity contribution in [2.75, 3.05) is 0 Å². The quantitative estimate of drug-likeness (QED) is 0.688. The molecule has 2 aromatic heterocycles. The van der Waals surface area contributed by atoms with E-state index in [2.05, 4.69) is 19.1 Å². The van der Waals surface area contributed by atoms with Crippen LogP contribution in [0.2, 0.25) is 0 Å². The van der Waals surface area contributed by atoms with Crippen molar-refractivity contribution in [3.63, 3.8) is 0 Å². The van der Waals surface area contributed by atoms with Crippen molar-refractivity contribution in [3.05, 3.63) is 46.0 Å². The molecule has 0 saturated carbocycles. The summed E-state index contributed by atoms with van der Waals surface area (Å²) in [6.07, 6.45) is 2.64. The molecular formula is C10H10OS. The Labute approximate surface area is 75.7 Å². The van der Waals surface area contributed by atoms with Gasteiger partial charge in [0.1, 0.15) is 5.76 Å². The third-order valence-corrected chi connectivity index (χ3v) is 2.73. The number of hydrogen-bond acceptors (Lipinski definition) is 2. The average Bonchev–Trinajstić information content (AvgIpc) is 2.63. The van der Waals surface area contributed by atoms with Gasteiger partial charge in [0.05, 0.1) is 6.26 Å². The fourth-order valence-electron chi connectivity index (χ4n) is 1.17. The minimum Gasteiger partial charge on any atom is -0.469 e. The van der Waals surface area contributed by atoms with Crippen LogP contribution in [0.15, 0.2) is 34.9 Å². The van der Waals surface area contributed by atoms with E-state index in [1.165, 1.54) is 9.75 Å². The van der Waals surface area contributed by atoms with Gasteiger partial charge in [-0.2, -0.15) is 0 Å². The standard InChI is InChI=1S/C10H10OS/c1-8-4-5-10(12-8)7-9-3-2-6-11-9/h2-6H,7H2,1H3. The van der Waals surface area contributed by atoms with Crippen LogP contribution in [-0.4, -0.2) is 0 Å². The van der Waals surface area contributed by atoms with Crippen LogP contribution in [0.5, 0.6) is 0 Å². The summed E-state index contributed by atoms with van der Waals surface area (Å²) >= 11 is 1.83. The highest BCUT2D eigenvalue weighted by Gasteiger charge is 2.00. The van der Waals surface area contributed by atoms with E-state index in [1.54, 1.807) is 6.26 Å². The smallest absolute Gasteiger partial charge is 0.108 e. The van der Waals surface area contributed by atoms with E-state index in [0.717, 1.165) is 12.2 Å². The molecule has 0 atom stereocenters. The van der Waals surface area contributed by atoms with Gasteiger partial charge in [0, 0.05) is 16.2 Å². The molecule has 0 fully saturated rings. The van der Waals surface area contributed by atoms with Gasteiger partial charge in [-0.3, -0.25) is 0 Å². The Bertz CT molecular complexity index is 346. The molecule has 0 aromatic carbocycles. The maximum absolute atomic E-state index is 5.25. The zero-order valence-corrected chi connectivity index (χ0v) is 7.73. The minimum absolute atomic E-state index is 0.922. The molecule has 0 saturated heterocycles. The molecule has 0 radical (unpaired) electrons. The Morgan fingerprint density at radius 1 is 1.33 bits per heavy atom. The van der Waals surface area contributed by atoms with Crippen LogP contribution < -0.4 is 0 Å². The maximum Gasteiger partial charge on any atom is 0.108 e. The Balaban J connectivity index is 2.14. The lowest BCUT2D eigenvalue weighted by Crippen LogP contribution is -1.77. The highest BCUT2D eigenvalue weighted by atomic mass is 32.1. The van der Waals surface area contributed by atoms with E-state index in [9.17, 15) is 0 Å². The summed E-state index contributed by atoms with van der Waals surface area (Å²) in [5.74, 6) is 1.04. The van der Waals surface area contributed by atoms with E-state index < -0.39 is 0 Å². The molecule has 62 valence electrons. The van der Waals surface area contributed by atoms with Crippen molar-refractivity contribution in [3.8, 4) is 0 Å². The number of rotatable bonds is 2. The SMILES string of the molecule is Cc1ccc(Cc2ccco2)s1. The first-order valence-electron chi connectivity index (χ1n) is 3.92. The predicted molar refractivity (Wildman–Crippen MR) is 50.6 cm³/mol. The molecule has 0 spiro atoms. The summed E-state index contributed by atoms with van der Waals surface area (Å²) < 4.78 is 5.25. The second-order valence-corrected chi connectivity index (χ2v) is 4.14. The van der Waals surface area contributed by atoms with Crippen LogP contribution >= 0.6 is 11.3 Å². The van der Waals surface area contributed by atoms with E-state index >= 15 is 0 Å². The molecule has 1 nitrogen and oxygen atoms in total. The first-order valence-corrected chi connectivity index (χ1v) is 4.74. The second-order valence-electron chi connectivity index (χ2n) is 2.77. The Morgan fingerprint density at radius 2 is 2.25 bits per heavy atom. The van der Waals surface area contributed by atoms with E-state index in [4.69, 9.17) is 4.42 Å². The summed E-state index contributed by atoms with van der Waals surface area (Å²) in [5, 5.41) is 0. The molecular weight excluding hydrogens is 168 g/mol. The predicted octanol–water partition coefficient (Wildman–Crippen LogP) is 3.24. The first kappa shape index (κ1) is 7.62. The summed E-state index contributed by atoms with van der Waals surface area (Å²) in [5.41, 5.74) is 0. The average molecular weight is 178 g/mol. The molecule has 2 heterocycles. The molecule has 0 N–H and O–H groups in total. The van der Waals surface area contributed by atoms with E-state index in [0.29, 0.717) is 0 Å². The van der Waals surface area contributed by atoms with Crippen LogP contribution in [0.3, 0.4) is 0 Å². The highest BCUT2D eigenvalue weighted by molar-refractivity contribution is 7.11. The molecule has 0 aliphatic carbocycles. The normalized spacial score (nSPS) is 10.4. The van der Waals surface area contributed by atoms with E-state index in [1.807, 2.05) is 23.5 Å². The largest absolute Gasteiger partial charge is 0.469 e. The Morgan fingerprint density at radius 3 is 2.83 bits per heavy atom. The number of thiophene rings is 1. The van der Waals surface area contributed by atoms with Crippen molar-refractivity contribution in [1.29, 1.82) is 0 Å². The van der Waals surface area contributed by atoms with Gasteiger partial charge < -0.3 is 4.42 Å². The van der Waals surface area contributed by atoms with E-state index in [-0.39, 0.29) is 0 Å². The zero-order chi connectivity index (χ0) is 8.39. The fourth-order valence-corrected chi connectivity index (χ4v) is 2.07. The topological polar surface area (TPSA) is 13.1 Å². The van der Waals surface area contributed by atoms with Gasteiger partial charge in [0.2, 0.25) is 0 Å². The van der Waals surface area contributed by atoms with Gasteiger partial charge >= 0.3 is 0 Å². The van der Waals surface area contributed by atoms with Gasteiger partial charge in [-0.15, -0.1) is 11.3 Å². The summed E-state index contributed by atoms with van der Waals surface area (Å²) in [4.78, 5) is 2.72. The van der Waals surface area contributed by atoms with Crippen LogP contribution in [0.1, 0.15) is 15.5 Å². The first-order chi connectivity index (χ1) is 5.84. The van der Waals surface area contributed by atoms with Gasteiger partial charge in [0.15, 0.2) is 0 Å². The van der Waals surface area contributed by atoms with Crippen LogP contribution in [0.4, 0.5) is 0 Å². The number of furan rings is 1. The van der Waals surface area contributed by atoms with Gasteiger partial charge in [-0.1, -0.05) is 0 Å². The zero-order valence-electron chi connectivity index (χ0n) is 6.91. The molecule has 0 unspecified atom stereocenters. The molecule has 12 heavy (non-hydrogen) atoms. The summed E-state index contributed by atoms with van der Waals surface area (Å²) in [6, 6.07) is 8.23. The molecule has 2 rings (SSSR count). The maximum atomic E-state index is 5.25. The Kier molecular flexibility index (Phi) is 2.00. The lowest BCUT2D eigenvalue weighted by molar-refractivity contribution is 0.522. The molecule has 0 aliphatic heterocycles. The van der Waals surface area contributed by atoms with Crippen molar-refractivity contribution in [2.45, 2.75) is 13.3 Å².